The molecule has 1 aliphatic rings. The molecule has 88 valence electrons. The molecule has 0 bridgehead atoms. The van der Waals surface area contributed by atoms with Crippen molar-refractivity contribution in [3.05, 3.63) is 0 Å². The molecular weight excluding hydrogens is 194 g/mol. The van der Waals surface area contributed by atoms with Gasteiger partial charge in [0.2, 0.25) is 0 Å². The van der Waals surface area contributed by atoms with Crippen molar-refractivity contribution in [1.29, 1.82) is 0 Å². The molecule has 0 aromatic carbocycles. The van der Waals surface area contributed by atoms with Crippen LogP contribution in [0.3, 0.4) is 0 Å². The van der Waals surface area contributed by atoms with Crippen molar-refractivity contribution in [2.75, 3.05) is 20.6 Å². The van der Waals surface area contributed by atoms with E-state index in [4.69, 9.17) is 0 Å². The fourth-order valence-electron chi connectivity index (χ4n) is 2.49. The lowest BCUT2D eigenvalue weighted by atomic mass is 9.80. The monoisotopic (exact) mass is 215 g/mol. The zero-order valence-electron chi connectivity index (χ0n) is 9.57. The molecule has 4 nitrogen and oxygen atoms in total. The predicted molar refractivity (Wildman–Crippen MR) is 57.7 cm³/mol. The van der Waals surface area contributed by atoms with E-state index in [1.807, 2.05) is 19.0 Å². The van der Waals surface area contributed by atoms with Crippen LogP contribution < -0.4 is 0 Å². The van der Waals surface area contributed by atoms with E-state index in [0.29, 0.717) is 25.8 Å². The van der Waals surface area contributed by atoms with Gasteiger partial charge in [0.05, 0.1) is 11.5 Å². The van der Waals surface area contributed by atoms with E-state index < -0.39 is 17.5 Å². The van der Waals surface area contributed by atoms with E-state index in [1.54, 1.807) is 0 Å². The van der Waals surface area contributed by atoms with Crippen LogP contribution in [0.15, 0.2) is 0 Å². The summed E-state index contributed by atoms with van der Waals surface area (Å²) in [5, 5.41) is 19.0. The Hall–Kier alpha value is -0.610. The first-order valence-corrected chi connectivity index (χ1v) is 5.52. The number of rotatable bonds is 5. The Labute approximate surface area is 90.9 Å². The number of likely N-dealkylation sites (N-methyl/N-ethyl adjacent to an activating group) is 1. The van der Waals surface area contributed by atoms with Crippen LogP contribution in [0.2, 0.25) is 0 Å². The number of aliphatic carboxylic acids is 1. The predicted octanol–water partition coefficient (Wildman–Crippen LogP) is 0.944. The maximum Gasteiger partial charge on any atom is 0.309 e. The lowest BCUT2D eigenvalue weighted by molar-refractivity contribution is -0.150. The van der Waals surface area contributed by atoms with Crippen LogP contribution in [0.5, 0.6) is 0 Å². The standard InChI is InChI=1S/C11H21NO3/c1-12(2)8-9(13)7-11(10(14)15)5-3-4-6-11/h9,13H,3-8H2,1-2H3,(H,14,15). The summed E-state index contributed by atoms with van der Waals surface area (Å²) in [5.74, 6) is -0.738. The van der Waals surface area contributed by atoms with Crippen LogP contribution in [0, 0.1) is 5.41 Å². The van der Waals surface area contributed by atoms with Crippen molar-refractivity contribution in [2.45, 2.75) is 38.2 Å². The smallest absolute Gasteiger partial charge is 0.309 e. The third-order valence-electron chi connectivity index (χ3n) is 3.22. The molecule has 1 aliphatic carbocycles. The van der Waals surface area contributed by atoms with E-state index in [2.05, 4.69) is 0 Å². The Morgan fingerprint density at radius 1 is 1.40 bits per heavy atom. The lowest BCUT2D eigenvalue weighted by Gasteiger charge is -2.27. The van der Waals surface area contributed by atoms with Gasteiger partial charge >= 0.3 is 5.97 Å². The molecule has 0 heterocycles. The van der Waals surface area contributed by atoms with E-state index in [9.17, 15) is 15.0 Å². The number of carboxylic acid groups (broad SMARTS) is 1. The van der Waals surface area contributed by atoms with Gasteiger partial charge in [-0.25, -0.2) is 0 Å². The minimum atomic E-state index is -0.738. The molecule has 15 heavy (non-hydrogen) atoms. The lowest BCUT2D eigenvalue weighted by Crippen LogP contribution is -2.36. The highest BCUT2D eigenvalue weighted by Crippen LogP contribution is 2.42. The summed E-state index contributed by atoms with van der Waals surface area (Å²) in [7, 11) is 3.76. The molecule has 0 saturated heterocycles. The van der Waals surface area contributed by atoms with E-state index in [1.165, 1.54) is 0 Å². The van der Waals surface area contributed by atoms with Crippen LogP contribution in [-0.4, -0.2) is 47.8 Å². The molecule has 0 aromatic rings. The van der Waals surface area contributed by atoms with Gasteiger partial charge < -0.3 is 15.1 Å². The van der Waals surface area contributed by atoms with E-state index >= 15 is 0 Å². The zero-order chi connectivity index (χ0) is 11.5. The molecule has 2 N–H and O–H groups in total. The van der Waals surface area contributed by atoms with Gasteiger partial charge in [-0.15, -0.1) is 0 Å². The van der Waals surface area contributed by atoms with Gasteiger partial charge in [0, 0.05) is 6.54 Å². The second-order valence-corrected chi connectivity index (χ2v) is 4.91. The number of carboxylic acids is 1. The van der Waals surface area contributed by atoms with Gasteiger partial charge in [-0.3, -0.25) is 4.79 Å². The summed E-state index contributed by atoms with van der Waals surface area (Å²) in [5.41, 5.74) is -0.657. The topological polar surface area (TPSA) is 60.8 Å². The SMILES string of the molecule is CN(C)CC(O)CC1(C(=O)O)CCCC1. The van der Waals surface area contributed by atoms with Crippen LogP contribution in [0.1, 0.15) is 32.1 Å². The molecule has 0 spiro atoms. The quantitative estimate of drug-likeness (QED) is 0.716. The minimum absolute atomic E-state index is 0.389. The summed E-state index contributed by atoms with van der Waals surface area (Å²) < 4.78 is 0. The molecule has 4 heteroatoms. The van der Waals surface area contributed by atoms with Crippen molar-refractivity contribution in [2.24, 2.45) is 5.41 Å². The molecule has 0 amide bonds. The number of aliphatic hydroxyl groups is 1. The van der Waals surface area contributed by atoms with Crippen molar-refractivity contribution >= 4 is 5.97 Å². The van der Waals surface area contributed by atoms with Gasteiger partial charge in [-0.05, 0) is 33.4 Å². The Balaban J connectivity index is 2.55. The van der Waals surface area contributed by atoms with Gasteiger partial charge in [-0.2, -0.15) is 0 Å². The zero-order valence-corrected chi connectivity index (χ0v) is 9.57. The number of hydrogen-bond donors (Lipinski definition) is 2. The molecule has 0 radical (unpaired) electrons. The third kappa shape index (κ3) is 3.18. The molecule has 0 aliphatic heterocycles. The summed E-state index contributed by atoms with van der Waals surface area (Å²) in [6.07, 6.45) is 3.23. The first-order valence-electron chi connectivity index (χ1n) is 5.52. The van der Waals surface area contributed by atoms with Crippen molar-refractivity contribution < 1.29 is 15.0 Å². The fourth-order valence-corrected chi connectivity index (χ4v) is 2.49. The number of hydrogen-bond acceptors (Lipinski definition) is 3. The van der Waals surface area contributed by atoms with Crippen LogP contribution in [0.25, 0.3) is 0 Å². The highest BCUT2D eigenvalue weighted by molar-refractivity contribution is 5.75. The second-order valence-electron chi connectivity index (χ2n) is 4.91. The highest BCUT2D eigenvalue weighted by Gasteiger charge is 2.42. The molecule has 1 atom stereocenters. The first-order chi connectivity index (χ1) is 6.96. The Morgan fingerprint density at radius 3 is 2.33 bits per heavy atom. The molecular formula is C11H21NO3. The molecule has 1 unspecified atom stereocenters. The average molecular weight is 215 g/mol. The highest BCUT2D eigenvalue weighted by atomic mass is 16.4. The number of carbonyl (C=O) groups is 1. The van der Waals surface area contributed by atoms with Crippen LogP contribution in [-0.2, 0) is 4.79 Å². The number of aliphatic hydroxyl groups excluding tert-OH is 1. The van der Waals surface area contributed by atoms with Crippen molar-refractivity contribution in [3.8, 4) is 0 Å². The summed E-state index contributed by atoms with van der Waals surface area (Å²) >= 11 is 0. The molecule has 1 rings (SSSR count). The molecule has 1 fully saturated rings. The average Bonchev–Trinajstić information content (AvgIpc) is 2.52. The van der Waals surface area contributed by atoms with Gasteiger partial charge in [0.1, 0.15) is 0 Å². The molecule has 0 aromatic heterocycles. The van der Waals surface area contributed by atoms with E-state index in [0.717, 1.165) is 12.8 Å². The maximum absolute atomic E-state index is 11.2. The van der Waals surface area contributed by atoms with Crippen LogP contribution in [0.4, 0.5) is 0 Å². The number of nitrogens with zero attached hydrogens (tertiary/aromatic N) is 1. The normalized spacial score (nSPS) is 21.9. The first kappa shape index (κ1) is 12.5. The van der Waals surface area contributed by atoms with Gasteiger partial charge in [0.15, 0.2) is 0 Å². The summed E-state index contributed by atoms with van der Waals surface area (Å²) in [6, 6.07) is 0. The Bertz CT molecular complexity index is 222. The van der Waals surface area contributed by atoms with Crippen molar-refractivity contribution in [1.82, 2.24) is 4.90 Å². The maximum atomic E-state index is 11.2. The van der Waals surface area contributed by atoms with Crippen LogP contribution >= 0.6 is 0 Å². The summed E-state index contributed by atoms with van der Waals surface area (Å²) in [6.45, 7) is 0.537. The summed E-state index contributed by atoms with van der Waals surface area (Å²) in [4.78, 5) is 13.1. The molecule has 1 saturated carbocycles. The Kier molecular flexibility index (Phi) is 4.11. The third-order valence-corrected chi connectivity index (χ3v) is 3.22. The van der Waals surface area contributed by atoms with Crippen molar-refractivity contribution in [3.63, 3.8) is 0 Å². The largest absolute Gasteiger partial charge is 0.481 e. The Morgan fingerprint density at radius 2 is 1.93 bits per heavy atom. The van der Waals surface area contributed by atoms with Gasteiger partial charge in [-0.1, -0.05) is 12.8 Å². The van der Waals surface area contributed by atoms with Gasteiger partial charge in [0.25, 0.3) is 0 Å². The minimum Gasteiger partial charge on any atom is -0.481 e. The fraction of sp³-hybridized carbons (Fsp3) is 0.909. The second kappa shape index (κ2) is 4.94. The van der Waals surface area contributed by atoms with E-state index in [-0.39, 0.29) is 0 Å².